The summed E-state index contributed by atoms with van der Waals surface area (Å²) in [4.78, 5) is 42.2. The normalized spacial score (nSPS) is 11.4. The molecule has 0 fully saturated rings. The van der Waals surface area contributed by atoms with Crippen molar-refractivity contribution >= 4 is 25.2 Å². The average Bonchev–Trinajstić information content (AvgIpc) is 2.97. The van der Waals surface area contributed by atoms with Crippen molar-refractivity contribution in [3.8, 4) is 0 Å². The number of hydrogen-bond donors (Lipinski definition) is 1. The van der Waals surface area contributed by atoms with Crippen molar-refractivity contribution in [2.24, 2.45) is 16.0 Å². The molecule has 131 valence electrons. The van der Waals surface area contributed by atoms with Crippen molar-refractivity contribution in [1.82, 2.24) is 24.4 Å². The maximum absolute atomic E-state index is 12.4. The van der Waals surface area contributed by atoms with E-state index in [-0.39, 0.29) is 31.0 Å². The van der Waals surface area contributed by atoms with Crippen LogP contribution >= 0.6 is 0 Å². The van der Waals surface area contributed by atoms with Crippen molar-refractivity contribution in [3.05, 3.63) is 22.5 Å². The molecule has 0 spiro atoms. The van der Waals surface area contributed by atoms with Crippen LogP contribution in [0.1, 0.15) is 37.2 Å². The molecule has 2 aromatic heterocycles. The van der Waals surface area contributed by atoms with E-state index >= 15 is 0 Å². The van der Waals surface area contributed by atoms with Crippen LogP contribution in [0.5, 0.6) is 0 Å². The molecule has 12 heteroatoms. The molecule has 0 saturated carbocycles. The summed E-state index contributed by atoms with van der Waals surface area (Å²) in [5, 5.41) is 7.61. The standard InChI is InChI=1S/C13H17BN7O4/c1-13(2,5-8(22)25-7-17-14)3-4-21-12(24)20-6-16-9(10(15)23)11(20)18-19-21/h6H,3-5,7H2,1-2H3,(H2,15,23). The van der Waals surface area contributed by atoms with Crippen LogP contribution in [0, 0.1) is 5.41 Å². The topological polar surface area (TPSA) is 147 Å². The van der Waals surface area contributed by atoms with Crippen LogP contribution in [-0.2, 0) is 16.1 Å². The number of rotatable bonds is 8. The van der Waals surface area contributed by atoms with E-state index in [0.717, 1.165) is 9.08 Å². The summed E-state index contributed by atoms with van der Waals surface area (Å²) in [6, 6.07) is 0. The second-order valence-electron chi connectivity index (χ2n) is 6.17. The third-order valence-electron chi connectivity index (χ3n) is 3.57. The molecule has 1 radical (unpaired) electrons. The molecule has 0 aromatic carbocycles. The number of nitrogens with zero attached hydrogens (tertiary/aromatic N) is 6. The Morgan fingerprint density at radius 2 is 2.16 bits per heavy atom. The molecule has 0 aliphatic heterocycles. The van der Waals surface area contributed by atoms with Crippen molar-refractivity contribution in [1.29, 1.82) is 0 Å². The quantitative estimate of drug-likeness (QED) is 0.478. The van der Waals surface area contributed by atoms with Gasteiger partial charge in [0.05, 0.1) is 0 Å². The van der Waals surface area contributed by atoms with Crippen LogP contribution in [0.25, 0.3) is 5.65 Å². The molecular weight excluding hydrogens is 329 g/mol. The maximum atomic E-state index is 12.4. The van der Waals surface area contributed by atoms with E-state index in [4.69, 9.17) is 18.1 Å². The second kappa shape index (κ2) is 7.32. The molecular formula is C13H17BN7O4. The van der Waals surface area contributed by atoms with E-state index in [1.165, 1.54) is 6.33 Å². The number of imidazole rings is 1. The number of carbonyl (C=O) groups is 2. The van der Waals surface area contributed by atoms with Gasteiger partial charge in [0.25, 0.3) is 5.91 Å². The molecule has 2 N–H and O–H groups in total. The summed E-state index contributed by atoms with van der Waals surface area (Å²) >= 11 is 0. The number of esters is 1. The van der Waals surface area contributed by atoms with Gasteiger partial charge in [-0.3, -0.25) is 4.79 Å². The fourth-order valence-electron chi connectivity index (χ4n) is 2.20. The van der Waals surface area contributed by atoms with E-state index in [1.807, 2.05) is 13.8 Å². The van der Waals surface area contributed by atoms with E-state index in [2.05, 4.69) is 20.2 Å². The first-order chi connectivity index (χ1) is 11.7. The molecule has 25 heavy (non-hydrogen) atoms. The zero-order valence-corrected chi connectivity index (χ0v) is 13.9. The average molecular weight is 346 g/mol. The number of nitrogens with two attached hydrogens (primary N) is 1. The van der Waals surface area contributed by atoms with Crippen LogP contribution in [0.15, 0.2) is 16.0 Å². The summed E-state index contributed by atoms with van der Waals surface area (Å²) in [7, 11) is 4.92. The van der Waals surface area contributed by atoms with Crippen molar-refractivity contribution in [2.75, 3.05) is 6.73 Å². The van der Waals surface area contributed by atoms with Gasteiger partial charge in [-0.1, -0.05) is 0 Å². The number of carbonyl (C=O) groups excluding carboxylic acids is 2. The first kappa shape index (κ1) is 18.4. The first-order valence-electron chi connectivity index (χ1n) is 7.38. The zero-order valence-electron chi connectivity index (χ0n) is 13.9. The Bertz CT molecular complexity index is 873. The Kier molecular flexibility index (Phi) is 5.40. The molecule has 0 unspecified atom stereocenters. The number of amides is 1. The summed E-state index contributed by atoms with van der Waals surface area (Å²) in [5.41, 5.74) is 4.08. The number of ether oxygens (including phenoxy) is 1. The van der Waals surface area contributed by atoms with E-state index in [9.17, 15) is 14.4 Å². The van der Waals surface area contributed by atoms with Gasteiger partial charge in [0.1, 0.15) is 0 Å². The van der Waals surface area contributed by atoms with E-state index in [1.54, 1.807) is 0 Å². The van der Waals surface area contributed by atoms with E-state index in [0.29, 0.717) is 6.42 Å². The molecule has 0 saturated heterocycles. The van der Waals surface area contributed by atoms with Gasteiger partial charge >= 0.3 is 115 Å². The molecule has 2 rings (SSSR count). The zero-order chi connectivity index (χ0) is 18.6. The predicted molar refractivity (Wildman–Crippen MR) is 85.7 cm³/mol. The molecule has 0 aliphatic carbocycles. The molecule has 1 amide bonds. The Balaban J connectivity index is 2.11. The molecule has 0 aliphatic rings. The SMILES string of the molecule is [B]=NCOC(=O)CC(C)(C)CCn1nnc2c(C(N)=O)ncn2c1=O. The second-order valence-corrected chi connectivity index (χ2v) is 6.17. The predicted octanol–water partition coefficient (Wildman–Crippen LogP) is -0.956. The monoisotopic (exact) mass is 346 g/mol. The molecule has 2 aromatic rings. The van der Waals surface area contributed by atoms with Gasteiger partial charge in [-0.15, -0.1) is 0 Å². The van der Waals surface area contributed by atoms with Crippen LogP contribution in [0.3, 0.4) is 0 Å². The Morgan fingerprint density at radius 3 is 2.80 bits per heavy atom. The summed E-state index contributed by atoms with van der Waals surface area (Å²) < 4.78 is 7.02. The minimum absolute atomic E-state index is 0.00197. The molecule has 0 bridgehead atoms. The van der Waals surface area contributed by atoms with Gasteiger partial charge in [0, 0.05) is 0 Å². The van der Waals surface area contributed by atoms with E-state index < -0.39 is 23.0 Å². The number of hydrogen-bond acceptors (Lipinski definition) is 8. The van der Waals surface area contributed by atoms with Gasteiger partial charge in [-0.05, 0) is 0 Å². The fraction of sp³-hybridized carbons (Fsp3) is 0.538. The molecule has 2 heterocycles. The van der Waals surface area contributed by atoms with Crippen LogP contribution in [0.4, 0.5) is 0 Å². The van der Waals surface area contributed by atoms with Crippen LogP contribution < -0.4 is 11.4 Å². The van der Waals surface area contributed by atoms with Crippen molar-refractivity contribution in [2.45, 2.75) is 33.2 Å². The minimum atomic E-state index is -0.794. The van der Waals surface area contributed by atoms with Crippen molar-refractivity contribution in [3.63, 3.8) is 0 Å². The number of aromatic nitrogens is 5. The van der Waals surface area contributed by atoms with Gasteiger partial charge in [-0.2, -0.15) is 0 Å². The first-order valence-corrected chi connectivity index (χ1v) is 7.38. The Morgan fingerprint density at radius 1 is 1.44 bits per heavy atom. The van der Waals surface area contributed by atoms with Gasteiger partial charge in [0.15, 0.2) is 5.69 Å². The number of fused-ring (bicyclic) bond motifs is 1. The van der Waals surface area contributed by atoms with Gasteiger partial charge < -0.3 is 5.73 Å². The van der Waals surface area contributed by atoms with Gasteiger partial charge in [-0.25, -0.2) is 4.98 Å². The summed E-state index contributed by atoms with van der Waals surface area (Å²) in [6.45, 7) is 3.73. The Labute approximate surface area is 143 Å². The molecule has 0 atom stereocenters. The van der Waals surface area contributed by atoms with Crippen molar-refractivity contribution < 1.29 is 14.3 Å². The summed E-state index contributed by atoms with van der Waals surface area (Å²) in [6.07, 6.45) is 1.75. The third-order valence-corrected chi connectivity index (χ3v) is 3.57. The summed E-state index contributed by atoms with van der Waals surface area (Å²) in [5.74, 6) is -1.23. The fourth-order valence-corrected chi connectivity index (χ4v) is 2.20. The molecule has 11 nitrogen and oxygen atoms in total. The third kappa shape index (κ3) is 4.34. The number of primary amides is 1. The van der Waals surface area contributed by atoms with Gasteiger partial charge in [0.2, 0.25) is 0 Å². The Hall–Kier alpha value is -2.92. The number of aryl methyl sites for hydroxylation is 1. The van der Waals surface area contributed by atoms with Crippen LogP contribution in [0.2, 0.25) is 0 Å². The van der Waals surface area contributed by atoms with Crippen LogP contribution in [-0.4, -0.2) is 50.6 Å².